The maximum atomic E-state index is 14.5. The summed E-state index contributed by atoms with van der Waals surface area (Å²) in [6, 6.07) is 8.54. The third-order valence-corrected chi connectivity index (χ3v) is 10.3. The van der Waals surface area contributed by atoms with Crippen molar-refractivity contribution < 1.29 is 47.5 Å². The second kappa shape index (κ2) is 20.7. The van der Waals surface area contributed by atoms with E-state index >= 15 is 0 Å². The summed E-state index contributed by atoms with van der Waals surface area (Å²) in [5.74, 6) is 2.01. The lowest BCUT2D eigenvalue weighted by molar-refractivity contribution is -0.159. The Labute approximate surface area is 325 Å². The average Bonchev–Trinajstić information content (AvgIpc) is 3.23. The molecule has 3 atom stereocenters. The summed E-state index contributed by atoms with van der Waals surface area (Å²) in [6.45, 7) is 8.81. The molecule has 1 saturated heterocycles. The maximum Gasteiger partial charge on any atom is 0.329 e. The van der Waals surface area contributed by atoms with Crippen LogP contribution in [0.15, 0.2) is 78.6 Å². The smallest absolute Gasteiger partial charge is 0.329 e. The number of morpholine rings is 1. The molecule has 12 nitrogen and oxygen atoms in total. The zero-order valence-electron chi connectivity index (χ0n) is 32.9. The molecular weight excluding hydrogens is 704 g/mol. The van der Waals surface area contributed by atoms with Crippen LogP contribution in [0, 0.1) is 0 Å². The monoisotopic (exact) mass is 760 g/mol. The van der Waals surface area contributed by atoms with Gasteiger partial charge in [0.15, 0.2) is 23.0 Å². The van der Waals surface area contributed by atoms with E-state index in [0.717, 1.165) is 62.6 Å². The van der Waals surface area contributed by atoms with Crippen LogP contribution >= 0.6 is 0 Å². The van der Waals surface area contributed by atoms with E-state index in [9.17, 15) is 9.59 Å². The first-order chi connectivity index (χ1) is 26.8. The third kappa shape index (κ3) is 10.6. The van der Waals surface area contributed by atoms with Crippen molar-refractivity contribution >= 4 is 11.9 Å². The highest BCUT2D eigenvalue weighted by molar-refractivity contribution is 5.90. The second-order valence-corrected chi connectivity index (χ2v) is 13.6. The van der Waals surface area contributed by atoms with E-state index in [1.165, 1.54) is 21.3 Å². The maximum absolute atomic E-state index is 14.5. The Balaban J connectivity index is 1.38. The normalized spacial score (nSPS) is 18.3. The molecule has 0 saturated carbocycles. The molecule has 1 amide bonds. The molecule has 2 aromatic rings. The van der Waals surface area contributed by atoms with Crippen molar-refractivity contribution in [1.82, 2.24) is 9.80 Å². The molecule has 0 aromatic heterocycles. The number of hydrogen-bond donors (Lipinski definition) is 0. The molecule has 1 aliphatic carbocycles. The number of aryl methyl sites for hydroxylation is 1. The lowest BCUT2D eigenvalue weighted by Crippen LogP contribution is -2.49. The molecule has 5 rings (SSSR count). The highest BCUT2D eigenvalue weighted by Crippen LogP contribution is 2.41. The number of nitrogens with zero attached hydrogens (tertiary/aromatic N) is 2. The second-order valence-electron chi connectivity index (χ2n) is 13.6. The summed E-state index contributed by atoms with van der Waals surface area (Å²) in [5, 5.41) is 0. The van der Waals surface area contributed by atoms with E-state index in [-0.39, 0.29) is 12.5 Å². The minimum absolute atomic E-state index is 0.224. The van der Waals surface area contributed by atoms with Gasteiger partial charge in [0.25, 0.3) is 0 Å². The first-order valence-electron chi connectivity index (χ1n) is 18.9. The van der Waals surface area contributed by atoms with Gasteiger partial charge in [0, 0.05) is 26.2 Å². The molecule has 298 valence electrons. The van der Waals surface area contributed by atoms with Gasteiger partial charge in [-0.15, -0.1) is 6.58 Å². The average molecular weight is 761 g/mol. The summed E-state index contributed by atoms with van der Waals surface area (Å²) in [4.78, 5) is 32.8. The standard InChI is InChI=1S/C43H56N2O10/c1-7-11-34(32-28-39(50-4)41(52-6)40(29-32)51-5)42(46)45-19-9-8-14-35(45)43(47)55-36(17-15-30-16-18-37(48-2)38(26-30)49-3)31-12-10-13-33(27-31)54-25-22-44-20-23-53-24-21-44/h7-9,13,16,18,26-29,34-36H,1,10-12,14-15,17,19-25H2,2-6H3/t34-,35-,36+/m0/s1. The van der Waals surface area contributed by atoms with E-state index in [0.29, 0.717) is 66.6 Å². The van der Waals surface area contributed by atoms with Gasteiger partial charge in [0.05, 0.1) is 54.7 Å². The number of amides is 1. The van der Waals surface area contributed by atoms with Crippen LogP contribution in [-0.4, -0.2) is 115 Å². The number of esters is 1. The van der Waals surface area contributed by atoms with Crippen molar-refractivity contribution in [3.63, 3.8) is 0 Å². The van der Waals surface area contributed by atoms with Gasteiger partial charge in [-0.05, 0) is 91.6 Å². The fraction of sp³-hybridized carbons (Fsp3) is 0.488. The Morgan fingerprint density at radius 2 is 1.65 bits per heavy atom. The molecule has 2 aromatic carbocycles. The molecule has 12 heteroatoms. The van der Waals surface area contributed by atoms with Gasteiger partial charge in [0.2, 0.25) is 11.7 Å². The van der Waals surface area contributed by atoms with Crippen LogP contribution in [0.4, 0.5) is 0 Å². The molecule has 2 heterocycles. The molecule has 3 aliphatic rings. The first-order valence-corrected chi connectivity index (χ1v) is 18.9. The Morgan fingerprint density at radius 3 is 2.33 bits per heavy atom. The lowest BCUT2D eigenvalue weighted by Gasteiger charge is -2.35. The number of carbonyl (C=O) groups is 2. The fourth-order valence-corrected chi connectivity index (χ4v) is 7.22. The van der Waals surface area contributed by atoms with E-state index in [1.807, 2.05) is 36.4 Å². The van der Waals surface area contributed by atoms with Crippen molar-refractivity contribution in [2.24, 2.45) is 0 Å². The summed E-state index contributed by atoms with van der Waals surface area (Å²) in [7, 11) is 7.82. The highest BCUT2D eigenvalue weighted by Gasteiger charge is 2.37. The van der Waals surface area contributed by atoms with E-state index in [2.05, 4.69) is 17.6 Å². The molecule has 0 unspecified atom stereocenters. The Morgan fingerprint density at radius 1 is 0.927 bits per heavy atom. The van der Waals surface area contributed by atoms with Crippen molar-refractivity contribution in [1.29, 1.82) is 0 Å². The third-order valence-electron chi connectivity index (χ3n) is 10.3. The summed E-state index contributed by atoms with van der Waals surface area (Å²) >= 11 is 0. The molecule has 55 heavy (non-hydrogen) atoms. The number of benzene rings is 2. The molecule has 0 N–H and O–H groups in total. The minimum atomic E-state index is -0.820. The van der Waals surface area contributed by atoms with Crippen molar-refractivity contribution in [2.75, 3.05) is 81.5 Å². The summed E-state index contributed by atoms with van der Waals surface area (Å²) in [5.41, 5.74) is 2.65. The molecule has 2 aliphatic heterocycles. The van der Waals surface area contributed by atoms with Gasteiger partial charge in [-0.2, -0.15) is 0 Å². The number of hydrogen-bond acceptors (Lipinski definition) is 11. The number of methoxy groups -OCH3 is 5. The van der Waals surface area contributed by atoms with Crippen LogP contribution in [0.5, 0.6) is 28.7 Å². The van der Waals surface area contributed by atoms with Crippen molar-refractivity contribution in [2.45, 2.75) is 56.6 Å². The zero-order chi connectivity index (χ0) is 39.2. The van der Waals surface area contributed by atoms with Crippen LogP contribution in [0.25, 0.3) is 0 Å². The van der Waals surface area contributed by atoms with Gasteiger partial charge >= 0.3 is 5.97 Å². The van der Waals surface area contributed by atoms with E-state index < -0.39 is 24.0 Å². The molecule has 1 fully saturated rings. The Bertz CT molecular complexity index is 1690. The van der Waals surface area contributed by atoms with Crippen molar-refractivity contribution in [3.05, 3.63) is 89.8 Å². The van der Waals surface area contributed by atoms with Crippen molar-refractivity contribution in [3.8, 4) is 28.7 Å². The quantitative estimate of drug-likeness (QED) is 0.123. The number of carbonyl (C=O) groups excluding carboxylic acids is 2. The van der Waals surface area contributed by atoms with E-state index in [4.69, 9.17) is 37.9 Å². The van der Waals surface area contributed by atoms with Gasteiger partial charge in [-0.25, -0.2) is 4.79 Å². The fourth-order valence-electron chi connectivity index (χ4n) is 7.22. The SMILES string of the molecule is C=CC[C@H](C(=O)N1CC=CC[C@H]1C(=O)O[C@H](CCc1ccc(OC)c(OC)c1)C1=CC(OCCN2CCOCC2)=CCC1)c1cc(OC)c(OC)c(OC)c1. The lowest BCUT2D eigenvalue weighted by atomic mass is 9.91. The Kier molecular flexibility index (Phi) is 15.5. The van der Waals surface area contributed by atoms with Crippen LogP contribution in [0.2, 0.25) is 0 Å². The largest absolute Gasteiger partial charge is 0.493 e. The molecule has 0 radical (unpaired) electrons. The van der Waals surface area contributed by atoms with Crippen LogP contribution in [0.3, 0.4) is 0 Å². The highest BCUT2D eigenvalue weighted by atomic mass is 16.5. The van der Waals surface area contributed by atoms with Crippen LogP contribution < -0.4 is 23.7 Å². The molecule has 0 bridgehead atoms. The Hall–Kier alpha value is -4.94. The first kappa shape index (κ1) is 41.2. The van der Waals surface area contributed by atoms with E-state index in [1.54, 1.807) is 37.3 Å². The predicted octanol–water partition coefficient (Wildman–Crippen LogP) is 6.04. The zero-order valence-corrected chi connectivity index (χ0v) is 32.9. The topological polar surface area (TPSA) is 114 Å². The predicted molar refractivity (Wildman–Crippen MR) is 209 cm³/mol. The number of allylic oxidation sites excluding steroid dienone is 3. The summed E-state index contributed by atoms with van der Waals surface area (Å²) in [6.07, 6.45) is 12.4. The number of ether oxygens (including phenoxy) is 8. The van der Waals surface area contributed by atoms with Gasteiger partial charge < -0.3 is 42.8 Å². The minimum Gasteiger partial charge on any atom is -0.493 e. The molecule has 0 spiro atoms. The summed E-state index contributed by atoms with van der Waals surface area (Å²) < 4.78 is 45.9. The molecular formula is C43H56N2O10. The number of rotatable bonds is 19. The van der Waals surface area contributed by atoms with Gasteiger partial charge in [-0.3, -0.25) is 9.69 Å². The van der Waals surface area contributed by atoms with Crippen LogP contribution in [-0.2, 0) is 30.2 Å². The van der Waals surface area contributed by atoms with Gasteiger partial charge in [0.1, 0.15) is 24.5 Å². The van der Waals surface area contributed by atoms with Gasteiger partial charge in [-0.1, -0.05) is 24.3 Å². The van der Waals surface area contributed by atoms with Crippen LogP contribution in [0.1, 0.15) is 49.1 Å².